The predicted molar refractivity (Wildman–Crippen MR) is 120 cm³/mol. The molecule has 0 spiro atoms. The van der Waals surface area contributed by atoms with Crippen LogP contribution in [-0.2, 0) is 4.79 Å². The topological polar surface area (TPSA) is 58.6 Å². The van der Waals surface area contributed by atoms with Crippen LogP contribution in [0.25, 0.3) is 0 Å². The highest BCUT2D eigenvalue weighted by Crippen LogP contribution is 2.42. The lowest BCUT2D eigenvalue weighted by atomic mass is 10.1. The van der Waals surface area contributed by atoms with Crippen molar-refractivity contribution in [3.8, 4) is 5.75 Å². The lowest BCUT2D eigenvalue weighted by Gasteiger charge is -2.29. The summed E-state index contributed by atoms with van der Waals surface area (Å²) >= 11 is 1.51. The number of hydrogen-bond donors (Lipinski definition) is 1. The minimum absolute atomic E-state index is 0.0949. The molecule has 1 saturated heterocycles. The molecule has 0 bridgehead atoms. The molecule has 1 N–H and O–H groups in total. The molecule has 4 rings (SSSR count). The van der Waals surface area contributed by atoms with E-state index in [1.54, 1.807) is 48.4 Å². The third-order valence-electron chi connectivity index (χ3n) is 5.09. The fourth-order valence-corrected chi connectivity index (χ4v) is 4.92. The van der Waals surface area contributed by atoms with Crippen LogP contribution in [0, 0.1) is 5.82 Å². The van der Waals surface area contributed by atoms with Crippen LogP contribution in [0.15, 0.2) is 78.9 Å². The average Bonchev–Trinajstić information content (AvgIpc) is 3.26. The highest BCUT2D eigenvalue weighted by molar-refractivity contribution is 7.99. The number of methoxy groups -OCH3 is 1. The fraction of sp³-hybridized carbons (Fsp3) is 0.167. The monoisotopic (exact) mass is 436 g/mol. The van der Waals surface area contributed by atoms with E-state index in [1.807, 2.05) is 30.3 Å². The number of thioether (sulfide) groups is 1. The zero-order chi connectivity index (χ0) is 21.8. The van der Waals surface area contributed by atoms with E-state index in [1.165, 1.54) is 23.9 Å². The Hall–Kier alpha value is -3.32. The number of ether oxygens (including phenoxy) is 1. The van der Waals surface area contributed by atoms with Gasteiger partial charge in [0, 0.05) is 11.3 Å². The molecule has 5 nitrogen and oxygen atoms in total. The first kappa shape index (κ1) is 20.9. The molecule has 1 heterocycles. The first-order chi connectivity index (χ1) is 15.1. The standard InChI is InChI=1S/C24H21FN2O3S/c1-30-18-13-11-16(12-14-18)23(29)27-21(15-31-24(27)17-7-3-2-4-8-17)22(28)26-20-10-6-5-9-19(20)25/h2-14,21,24H,15H2,1H3,(H,26,28). The van der Waals surface area contributed by atoms with Gasteiger partial charge in [-0.25, -0.2) is 4.39 Å². The van der Waals surface area contributed by atoms with E-state index in [0.29, 0.717) is 17.1 Å². The average molecular weight is 437 g/mol. The lowest BCUT2D eigenvalue weighted by molar-refractivity contribution is -0.119. The minimum Gasteiger partial charge on any atom is -0.497 e. The first-order valence-electron chi connectivity index (χ1n) is 9.77. The van der Waals surface area contributed by atoms with E-state index in [2.05, 4.69) is 5.32 Å². The third kappa shape index (κ3) is 4.41. The van der Waals surface area contributed by atoms with Crippen molar-refractivity contribution in [1.29, 1.82) is 0 Å². The first-order valence-corrected chi connectivity index (χ1v) is 10.8. The summed E-state index contributed by atoms with van der Waals surface area (Å²) in [6, 6.07) is 21.6. The molecule has 1 aliphatic rings. The van der Waals surface area contributed by atoms with Gasteiger partial charge in [-0.1, -0.05) is 42.5 Å². The molecule has 0 saturated carbocycles. The highest BCUT2D eigenvalue weighted by Gasteiger charge is 2.42. The lowest BCUT2D eigenvalue weighted by Crippen LogP contribution is -2.45. The maximum atomic E-state index is 14.1. The van der Waals surface area contributed by atoms with E-state index < -0.39 is 17.8 Å². The van der Waals surface area contributed by atoms with Crippen LogP contribution in [0.1, 0.15) is 21.3 Å². The van der Waals surface area contributed by atoms with Crippen molar-refractivity contribution in [2.75, 3.05) is 18.2 Å². The van der Waals surface area contributed by atoms with Crippen molar-refractivity contribution in [1.82, 2.24) is 4.90 Å². The van der Waals surface area contributed by atoms with Gasteiger partial charge in [-0.2, -0.15) is 0 Å². The number of anilines is 1. The molecular formula is C24H21FN2O3S. The van der Waals surface area contributed by atoms with Gasteiger partial charge in [-0.05, 0) is 42.0 Å². The van der Waals surface area contributed by atoms with Crippen LogP contribution in [0.4, 0.5) is 10.1 Å². The Bertz CT molecular complexity index is 1080. The zero-order valence-corrected chi connectivity index (χ0v) is 17.6. The second-order valence-electron chi connectivity index (χ2n) is 7.02. The van der Waals surface area contributed by atoms with Crippen molar-refractivity contribution in [3.63, 3.8) is 0 Å². The Morgan fingerprint density at radius 2 is 1.68 bits per heavy atom. The Kier molecular flexibility index (Phi) is 6.23. The Balaban J connectivity index is 1.65. The van der Waals surface area contributed by atoms with Crippen molar-refractivity contribution >= 4 is 29.3 Å². The van der Waals surface area contributed by atoms with Crippen LogP contribution in [0.2, 0.25) is 0 Å². The third-order valence-corrected chi connectivity index (χ3v) is 6.41. The second-order valence-corrected chi connectivity index (χ2v) is 8.14. The number of carbonyl (C=O) groups is 2. The van der Waals surface area contributed by atoms with E-state index in [0.717, 1.165) is 5.56 Å². The van der Waals surface area contributed by atoms with Crippen LogP contribution < -0.4 is 10.1 Å². The van der Waals surface area contributed by atoms with Gasteiger partial charge in [0.1, 0.15) is 23.0 Å². The molecule has 0 aromatic heterocycles. The van der Waals surface area contributed by atoms with Crippen molar-refractivity contribution < 1.29 is 18.7 Å². The number of carbonyl (C=O) groups excluding carboxylic acids is 2. The molecule has 2 unspecified atom stereocenters. The summed E-state index contributed by atoms with van der Waals surface area (Å²) in [6.07, 6.45) is 0. The highest BCUT2D eigenvalue weighted by atomic mass is 32.2. The molecular weight excluding hydrogens is 415 g/mol. The maximum absolute atomic E-state index is 14.1. The van der Waals surface area contributed by atoms with Gasteiger partial charge in [0.05, 0.1) is 12.8 Å². The van der Waals surface area contributed by atoms with Gasteiger partial charge < -0.3 is 15.0 Å². The molecule has 2 atom stereocenters. The fourth-order valence-electron chi connectivity index (χ4n) is 3.49. The van der Waals surface area contributed by atoms with Crippen molar-refractivity contribution in [2.45, 2.75) is 11.4 Å². The van der Waals surface area contributed by atoms with Gasteiger partial charge in [0.15, 0.2) is 0 Å². The predicted octanol–water partition coefficient (Wildman–Crippen LogP) is 4.73. The van der Waals surface area contributed by atoms with Gasteiger partial charge in [0.25, 0.3) is 5.91 Å². The maximum Gasteiger partial charge on any atom is 0.255 e. The minimum atomic E-state index is -0.746. The van der Waals surface area contributed by atoms with E-state index in [-0.39, 0.29) is 17.0 Å². The largest absolute Gasteiger partial charge is 0.497 e. The molecule has 0 radical (unpaired) electrons. The number of para-hydroxylation sites is 1. The molecule has 1 aliphatic heterocycles. The summed E-state index contributed by atoms with van der Waals surface area (Å²) in [7, 11) is 1.56. The molecule has 1 fully saturated rings. The van der Waals surface area contributed by atoms with Gasteiger partial charge in [-0.3, -0.25) is 9.59 Å². The normalized spacial score (nSPS) is 17.9. The smallest absolute Gasteiger partial charge is 0.255 e. The second kappa shape index (κ2) is 9.22. The Morgan fingerprint density at radius 3 is 2.35 bits per heavy atom. The summed E-state index contributed by atoms with van der Waals surface area (Å²) in [6.45, 7) is 0. The summed E-state index contributed by atoms with van der Waals surface area (Å²) in [4.78, 5) is 28.1. The van der Waals surface area contributed by atoms with Crippen LogP contribution in [0.5, 0.6) is 5.75 Å². The van der Waals surface area contributed by atoms with E-state index in [4.69, 9.17) is 4.74 Å². The number of benzene rings is 3. The van der Waals surface area contributed by atoms with Gasteiger partial charge in [0.2, 0.25) is 5.91 Å². The molecule has 3 aromatic carbocycles. The summed E-state index contributed by atoms with van der Waals surface area (Å²) in [5.41, 5.74) is 1.47. The quantitative estimate of drug-likeness (QED) is 0.628. The SMILES string of the molecule is COc1ccc(C(=O)N2C(C(=O)Nc3ccccc3F)CSC2c2ccccc2)cc1. The molecule has 7 heteroatoms. The summed E-state index contributed by atoms with van der Waals surface area (Å²) in [5.74, 6) is -0.162. The molecule has 2 amide bonds. The Morgan fingerprint density at radius 1 is 1.00 bits per heavy atom. The Labute approximate surface area is 184 Å². The summed E-state index contributed by atoms with van der Waals surface area (Å²) < 4.78 is 19.2. The molecule has 3 aromatic rings. The van der Waals surface area contributed by atoms with Crippen LogP contribution in [-0.4, -0.2) is 35.6 Å². The zero-order valence-electron chi connectivity index (χ0n) is 16.8. The molecule has 0 aliphatic carbocycles. The molecule has 158 valence electrons. The number of nitrogens with one attached hydrogen (secondary N) is 1. The van der Waals surface area contributed by atoms with Crippen LogP contribution in [0.3, 0.4) is 0 Å². The number of hydrogen-bond acceptors (Lipinski definition) is 4. The number of rotatable bonds is 5. The van der Waals surface area contributed by atoms with E-state index >= 15 is 0 Å². The van der Waals surface area contributed by atoms with E-state index in [9.17, 15) is 14.0 Å². The van der Waals surface area contributed by atoms with Crippen molar-refractivity contribution in [3.05, 3.63) is 95.8 Å². The van der Waals surface area contributed by atoms with Gasteiger partial charge >= 0.3 is 0 Å². The number of nitrogens with zero attached hydrogens (tertiary/aromatic N) is 1. The van der Waals surface area contributed by atoms with Gasteiger partial charge in [-0.15, -0.1) is 11.8 Å². The molecule has 31 heavy (non-hydrogen) atoms. The number of halogens is 1. The number of amides is 2. The van der Waals surface area contributed by atoms with Crippen LogP contribution >= 0.6 is 11.8 Å². The summed E-state index contributed by atoms with van der Waals surface area (Å²) in [5, 5.41) is 2.31. The van der Waals surface area contributed by atoms with Crippen molar-refractivity contribution in [2.24, 2.45) is 0 Å².